The van der Waals surface area contributed by atoms with Crippen molar-refractivity contribution in [3.63, 3.8) is 0 Å². The molecule has 0 fully saturated rings. The van der Waals surface area contributed by atoms with Crippen LogP contribution in [0.5, 0.6) is 0 Å². The normalized spacial score (nSPS) is 11.2. The molecule has 0 aliphatic carbocycles. The van der Waals surface area contributed by atoms with Crippen molar-refractivity contribution in [1.29, 1.82) is 0 Å². The first-order chi connectivity index (χ1) is 16.1. The first kappa shape index (κ1) is 20.8. The average Bonchev–Trinajstić information content (AvgIpc) is 3.27. The molecule has 0 spiro atoms. The van der Waals surface area contributed by atoms with Crippen LogP contribution in [0.4, 0.5) is 0 Å². The molecule has 9 heteroatoms. The summed E-state index contributed by atoms with van der Waals surface area (Å²) in [5.41, 5.74) is 4.43. The quantitative estimate of drug-likeness (QED) is 0.406. The van der Waals surface area contributed by atoms with Gasteiger partial charge in [0.2, 0.25) is 5.91 Å². The number of carbonyl (C=O) groups is 1. The van der Waals surface area contributed by atoms with Crippen LogP contribution in [0.25, 0.3) is 32.2 Å². The van der Waals surface area contributed by atoms with E-state index in [2.05, 4.69) is 20.4 Å². The highest BCUT2D eigenvalue weighted by Gasteiger charge is 2.14. The molecule has 3 aromatic heterocycles. The molecule has 164 valence electrons. The number of hydrogen-bond donors (Lipinski definition) is 2. The standard InChI is InChI=1S/C24H19N5O3S/c30-20(12-6-11-19-26-18-10-5-4-9-16(18)22(31)27-19)28-29-14-25-23-21(24(29)32)17(13-33-23)15-7-2-1-3-8-15/h1-5,7-10,13-14H,6,11-12H2,(H,28,30)(H,26,27,31). The van der Waals surface area contributed by atoms with Crippen molar-refractivity contribution >= 4 is 38.4 Å². The van der Waals surface area contributed by atoms with Gasteiger partial charge in [-0.3, -0.25) is 19.8 Å². The fourth-order valence-electron chi connectivity index (χ4n) is 3.70. The molecule has 33 heavy (non-hydrogen) atoms. The molecular weight excluding hydrogens is 438 g/mol. The largest absolute Gasteiger partial charge is 0.310 e. The summed E-state index contributed by atoms with van der Waals surface area (Å²) in [6.07, 6.45) is 2.39. The van der Waals surface area contributed by atoms with Gasteiger partial charge in [-0.2, -0.15) is 0 Å². The van der Waals surface area contributed by atoms with Crippen molar-refractivity contribution < 1.29 is 4.79 Å². The number of amides is 1. The van der Waals surface area contributed by atoms with Gasteiger partial charge in [0.15, 0.2) is 0 Å². The number of nitrogens with zero attached hydrogens (tertiary/aromatic N) is 3. The first-order valence-corrected chi connectivity index (χ1v) is 11.3. The molecule has 0 unspecified atom stereocenters. The monoisotopic (exact) mass is 457 g/mol. The molecule has 0 radical (unpaired) electrons. The summed E-state index contributed by atoms with van der Waals surface area (Å²) in [7, 11) is 0. The van der Waals surface area contributed by atoms with E-state index >= 15 is 0 Å². The lowest BCUT2D eigenvalue weighted by Crippen LogP contribution is -2.33. The second-order valence-corrected chi connectivity index (χ2v) is 8.39. The van der Waals surface area contributed by atoms with Crippen LogP contribution in [0.2, 0.25) is 0 Å². The number of benzene rings is 2. The molecule has 0 aliphatic heterocycles. The van der Waals surface area contributed by atoms with Crippen LogP contribution >= 0.6 is 11.3 Å². The fraction of sp³-hybridized carbons (Fsp3) is 0.125. The molecule has 0 aliphatic rings. The van der Waals surface area contributed by atoms with Gasteiger partial charge in [0.1, 0.15) is 17.0 Å². The number of aryl methyl sites for hydroxylation is 1. The molecule has 0 saturated carbocycles. The number of carbonyl (C=O) groups excluding carboxylic acids is 1. The van der Waals surface area contributed by atoms with E-state index in [1.807, 2.05) is 41.8 Å². The van der Waals surface area contributed by atoms with Crippen molar-refractivity contribution in [3.05, 3.63) is 92.8 Å². The van der Waals surface area contributed by atoms with Gasteiger partial charge in [-0.15, -0.1) is 11.3 Å². The van der Waals surface area contributed by atoms with Crippen molar-refractivity contribution in [2.75, 3.05) is 5.43 Å². The molecule has 0 saturated heterocycles. The maximum Gasteiger partial charge on any atom is 0.281 e. The van der Waals surface area contributed by atoms with E-state index in [1.54, 1.807) is 18.2 Å². The smallest absolute Gasteiger partial charge is 0.281 e. The second kappa shape index (κ2) is 8.79. The van der Waals surface area contributed by atoms with Crippen LogP contribution < -0.4 is 16.5 Å². The summed E-state index contributed by atoms with van der Waals surface area (Å²) >= 11 is 1.39. The minimum Gasteiger partial charge on any atom is -0.310 e. The van der Waals surface area contributed by atoms with Crippen molar-refractivity contribution in [2.45, 2.75) is 19.3 Å². The summed E-state index contributed by atoms with van der Waals surface area (Å²) in [5.74, 6) is 0.204. The Bertz CT molecular complexity index is 1590. The third kappa shape index (κ3) is 4.18. The molecule has 2 N–H and O–H groups in total. The van der Waals surface area contributed by atoms with E-state index in [-0.39, 0.29) is 23.4 Å². The Balaban J connectivity index is 1.29. The van der Waals surface area contributed by atoms with Gasteiger partial charge in [0.05, 0.1) is 16.3 Å². The minimum absolute atomic E-state index is 0.163. The van der Waals surface area contributed by atoms with E-state index in [9.17, 15) is 14.4 Å². The number of hydrogen-bond acceptors (Lipinski definition) is 6. The number of aromatic amines is 1. The summed E-state index contributed by atoms with van der Waals surface area (Å²) in [5, 5.41) is 2.91. The van der Waals surface area contributed by atoms with E-state index in [0.717, 1.165) is 15.8 Å². The number of H-pyrrole nitrogens is 1. The number of thiophene rings is 1. The lowest BCUT2D eigenvalue weighted by molar-refractivity contribution is -0.117. The van der Waals surface area contributed by atoms with Crippen LogP contribution in [-0.4, -0.2) is 25.5 Å². The van der Waals surface area contributed by atoms with E-state index in [4.69, 9.17) is 0 Å². The van der Waals surface area contributed by atoms with E-state index < -0.39 is 0 Å². The highest BCUT2D eigenvalue weighted by atomic mass is 32.1. The second-order valence-electron chi connectivity index (χ2n) is 7.53. The third-order valence-electron chi connectivity index (χ3n) is 5.30. The van der Waals surface area contributed by atoms with Gasteiger partial charge in [0, 0.05) is 23.8 Å². The molecular formula is C24H19N5O3S. The minimum atomic E-state index is -0.325. The zero-order valence-electron chi connectivity index (χ0n) is 17.4. The number of fused-ring (bicyclic) bond motifs is 2. The number of rotatable bonds is 6. The predicted octanol–water partition coefficient (Wildman–Crippen LogP) is 3.45. The molecule has 3 heterocycles. The Morgan fingerprint density at radius 1 is 1.06 bits per heavy atom. The van der Waals surface area contributed by atoms with Crippen molar-refractivity contribution in [1.82, 2.24) is 19.6 Å². The number of nitrogens with one attached hydrogen (secondary N) is 2. The molecule has 2 aromatic carbocycles. The summed E-state index contributed by atoms with van der Waals surface area (Å²) < 4.78 is 1.12. The van der Waals surface area contributed by atoms with E-state index in [0.29, 0.717) is 39.8 Å². The van der Waals surface area contributed by atoms with Crippen molar-refractivity contribution in [3.8, 4) is 11.1 Å². The van der Waals surface area contributed by atoms with Gasteiger partial charge < -0.3 is 4.98 Å². The van der Waals surface area contributed by atoms with Gasteiger partial charge in [-0.25, -0.2) is 14.6 Å². The van der Waals surface area contributed by atoms with Crippen LogP contribution in [0.1, 0.15) is 18.7 Å². The zero-order valence-corrected chi connectivity index (χ0v) is 18.3. The average molecular weight is 458 g/mol. The number of para-hydroxylation sites is 1. The van der Waals surface area contributed by atoms with Gasteiger partial charge >= 0.3 is 0 Å². The molecule has 1 amide bonds. The van der Waals surface area contributed by atoms with Crippen LogP contribution in [0, 0.1) is 0 Å². The Kier molecular flexibility index (Phi) is 5.54. The number of aromatic nitrogens is 4. The first-order valence-electron chi connectivity index (χ1n) is 10.4. The van der Waals surface area contributed by atoms with Gasteiger partial charge in [0.25, 0.3) is 11.1 Å². The Morgan fingerprint density at radius 3 is 2.70 bits per heavy atom. The maximum absolute atomic E-state index is 13.0. The SMILES string of the molecule is O=C(CCCc1nc2ccccc2c(=O)[nH]1)Nn1cnc2scc(-c3ccccc3)c2c1=O. The van der Waals surface area contributed by atoms with Gasteiger partial charge in [-0.1, -0.05) is 42.5 Å². The lowest BCUT2D eigenvalue weighted by atomic mass is 10.1. The fourth-order valence-corrected chi connectivity index (χ4v) is 4.61. The van der Waals surface area contributed by atoms with Crippen LogP contribution in [0.15, 0.2) is 75.9 Å². The Hall–Kier alpha value is -4.11. The summed E-state index contributed by atoms with van der Waals surface area (Å²) in [6, 6.07) is 16.7. The molecule has 5 aromatic rings. The van der Waals surface area contributed by atoms with E-state index in [1.165, 1.54) is 17.7 Å². The molecule has 0 atom stereocenters. The lowest BCUT2D eigenvalue weighted by Gasteiger charge is -2.08. The molecule has 0 bridgehead atoms. The van der Waals surface area contributed by atoms with Crippen molar-refractivity contribution in [2.24, 2.45) is 0 Å². The topological polar surface area (TPSA) is 110 Å². The highest BCUT2D eigenvalue weighted by molar-refractivity contribution is 7.17. The summed E-state index contributed by atoms with van der Waals surface area (Å²) in [6.45, 7) is 0. The predicted molar refractivity (Wildman–Crippen MR) is 129 cm³/mol. The summed E-state index contributed by atoms with van der Waals surface area (Å²) in [4.78, 5) is 49.8. The van der Waals surface area contributed by atoms with Gasteiger partial charge in [-0.05, 0) is 24.1 Å². The zero-order chi connectivity index (χ0) is 22.8. The van der Waals surface area contributed by atoms with Crippen LogP contribution in [-0.2, 0) is 11.2 Å². The Labute approximate surface area is 191 Å². The molecule has 8 nitrogen and oxygen atoms in total. The molecule has 5 rings (SSSR count). The van der Waals surface area contributed by atoms with Crippen LogP contribution in [0.3, 0.4) is 0 Å². The third-order valence-corrected chi connectivity index (χ3v) is 6.19. The Morgan fingerprint density at radius 2 is 1.85 bits per heavy atom. The highest BCUT2D eigenvalue weighted by Crippen LogP contribution is 2.30. The maximum atomic E-state index is 13.0.